The molecule has 8 nitrogen and oxygen atoms in total. The lowest BCUT2D eigenvalue weighted by Gasteiger charge is -2.12. The lowest BCUT2D eigenvalue weighted by atomic mass is 10.1. The zero-order valence-corrected chi connectivity index (χ0v) is 15.8. The third-order valence-electron chi connectivity index (χ3n) is 4.20. The second-order valence-corrected chi connectivity index (χ2v) is 6.36. The highest BCUT2D eigenvalue weighted by Gasteiger charge is 2.21. The van der Waals surface area contributed by atoms with E-state index in [1.54, 1.807) is 0 Å². The van der Waals surface area contributed by atoms with Crippen molar-refractivity contribution in [3.05, 3.63) is 87.9 Å². The molecule has 1 atom stereocenters. The van der Waals surface area contributed by atoms with Gasteiger partial charge in [0.05, 0.1) is 4.92 Å². The zero-order chi connectivity index (χ0) is 21.7. The van der Waals surface area contributed by atoms with Crippen LogP contribution in [0.5, 0.6) is 0 Å². The number of furan rings is 1. The van der Waals surface area contributed by atoms with Gasteiger partial charge in [0.15, 0.2) is 6.10 Å². The molecule has 9 heteroatoms. The number of non-ortho nitro benzene ring substituents is 1. The van der Waals surface area contributed by atoms with Gasteiger partial charge < -0.3 is 14.5 Å². The highest BCUT2D eigenvalue weighted by atomic mass is 19.1. The molecule has 0 aliphatic carbocycles. The molecule has 0 unspecified atom stereocenters. The van der Waals surface area contributed by atoms with Gasteiger partial charge in [0, 0.05) is 24.2 Å². The number of hydrogen-bond acceptors (Lipinski definition) is 6. The molecular weight excluding hydrogens is 395 g/mol. The summed E-state index contributed by atoms with van der Waals surface area (Å²) in [7, 11) is 0. The predicted octanol–water partition coefficient (Wildman–Crippen LogP) is 3.86. The SMILES string of the molecule is C[C@@H](OC(=O)c1ccc(-c2ccc([N+](=O)[O-])cc2)o1)C(=O)NCc1ccc(F)cc1. The number of nitrogens with zero attached hydrogens (tertiary/aromatic N) is 1. The Kier molecular flexibility index (Phi) is 6.21. The van der Waals surface area contributed by atoms with Gasteiger partial charge in [-0.25, -0.2) is 9.18 Å². The molecule has 30 heavy (non-hydrogen) atoms. The Morgan fingerprint density at radius 1 is 1.10 bits per heavy atom. The van der Waals surface area contributed by atoms with Crippen LogP contribution in [0.2, 0.25) is 0 Å². The van der Waals surface area contributed by atoms with E-state index in [0.717, 1.165) is 0 Å². The Bertz CT molecular complexity index is 1060. The topological polar surface area (TPSA) is 112 Å². The van der Waals surface area contributed by atoms with E-state index < -0.39 is 22.9 Å². The monoisotopic (exact) mass is 412 g/mol. The summed E-state index contributed by atoms with van der Waals surface area (Å²) in [6.07, 6.45) is -1.08. The maximum atomic E-state index is 12.9. The number of amides is 1. The summed E-state index contributed by atoms with van der Waals surface area (Å²) in [4.78, 5) is 34.5. The van der Waals surface area contributed by atoms with Crippen molar-refractivity contribution in [3.8, 4) is 11.3 Å². The molecule has 0 bridgehead atoms. The maximum Gasteiger partial charge on any atom is 0.375 e. The first-order valence-electron chi connectivity index (χ1n) is 8.91. The summed E-state index contributed by atoms with van der Waals surface area (Å²) in [5, 5.41) is 13.3. The molecule has 0 aliphatic rings. The van der Waals surface area contributed by atoms with Crippen molar-refractivity contribution >= 4 is 17.6 Å². The second kappa shape index (κ2) is 8.99. The zero-order valence-electron chi connectivity index (χ0n) is 15.8. The Hall–Kier alpha value is -4.01. The molecular formula is C21H17FN2O6. The second-order valence-electron chi connectivity index (χ2n) is 6.36. The summed E-state index contributed by atoms with van der Waals surface area (Å²) in [5.74, 6) is -1.51. The summed E-state index contributed by atoms with van der Waals surface area (Å²) < 4.78 is 23.5. The first-order chi connectivity index (χ1) is 14.3. The van der Waals surface area contributed by atoms with Gasteiger partial charge in [-0.15, -0.1) is 0 Å². The smallest absolute Gasteiger partial charge is 0.375 e. The fraction of sp³-hybridized carbons (Fsp3) is 0.143. The van der Waals surface area contributed by atoms with E-state index in [-0.39, 0.29) is 23.8 Å². The molecule has 0 radical (unpaired) electrons. The lowest BCUT2D eigenvalue weighted by molar-refractivity contribution is -0.384. The standard InChI is InChI=1S/C21H17FN2O6/c1-13(20(25)23-12-14-2-6-16(22)7-3-14)29-21(26)19-11-10-18(30-19)15-4-8-17(9-5-15)24(27)28/h2-11,13H,12H2,1H3,(H,23,25)/t13-/m1/s1. The van der Waals surface area contributed by atoms with Crippen LogP contribution < -0.4 is 5.32 Å². The number of nitro groups is 1. The van der Waals surface area contributed by atoms with Crippen LogP contribution in [-0.4, -0.2) is 22.9 Å². The van der Waals surface area contributed by atoms with Crippen molar-refractivity contribution in [1.82, 2.24) is 5.32 Å². The van der Waals surface area contributed by atoms with Gasteiger partial charge in [-0.3, -0.25) is 14.9 Å². The van der Waals surface area contributed by atoms with Gasteiger partial charge in [0.1, 0.15) is 11.6 Å². The van der Waals surface area contributed by atoms with Crippen molar-refractivity contribution < 1.29 is 28.1 Å². The first-order valence-corrected chi connectivity index (χ1v) is 8.91. The van der Waals surface area contributed by atoms with Crippen molar-refractivity contribution in [3.63, 3.8) is 0 Å². The quantitative estimate of drug-likeness (QED) is 0.358. The molecule has 0 aliphatic heterocycles. The minimum atomic E-state index is -1.08. The van der Waals surface area contributed by atoms with Gasteiger partial charge in [-0.05, 0) is 48.9 Å². The highest BCUT2D eigenvalue weighted by Crippen LogP contribution is 2.25. The van der Waals surface area contributed by atoms with E-state index in [1.165, 1.54) is 67.6 Å². The number of halogens is 1. The van der Waals surface area contributed by atoms with Gasteiger partial charge >= 0.3 is 5.97 Å². The molecule has 1 aromatic heterocycles. The molecule has 1 N–H and O–H groups in total. The molecule has 0 saturated carbocycles. The van der Waals surface area contributed by atoms with Gasteiger partial charge in [0.25, 0.3) is 11.6 Å². The summed E-state index contributed by atoms with van der Waals surface area (Å²) >= 11 is 0. The minimum absolute atomic E-state index is 0.0644. The average Bonchev–Trinajstić information content (AvgIpc) is 3.23. The van der Waals surface area contributed by atoms with Crippen LogP contribution in [0, 0.1) is 15.9 Å². The Morgan fingerprint density at radius 3 is 2.40 bits per heavy atom. The number of rotatable bonds is 7. The lowest BCUT2D eigenvalue weighted by Crippen LogP contribution is -2.35. The van der Waals surface area contributed by atoms with E-state index in [4.69, 9.17) is 9.15 Å². The molecule has 3 aromatic rings. The normalized spacial score (nSPS) is 11.5. The number of carbonyl (C=O) groups is 2. The number of nitrogens with one attached hydrogen (secondary N) is 1. The Morgan fingerprint density at radius 2 is 1.77 bits per heavy atom. The van der Waals surface area contributed by atoms with Gasteiger partial charge in [-0.1, -0.05) is 12.1 Å². The van der Waals surface area contributed by atoms with Crippen molar-refractivity contribution in [2.24, 2.45) is 0 Å². The van der Waals surface area contributed by atoms with Gasteiger partial charge in [0.2, 0.25) is 5.76 Å². The van der Waals surface area contributed by atoms with E-state index >= 15 is 0 Å². The number of esters is 1. The highest BCUT2D eigenvalue weighted by molar-refractivity contribution is 5.90. The molecule has 2 aromatic carbocycles. The van der Waals surface area contributed by atoms with Crippen molar-refractivity contribution in [1.29, 1.82) is 0 Å². The summed E-state index contributed by atoms with van der Waals surface area (Å²) in [5.41, 5.74) is 1.18. The number of hydrogen-bond donors (Lipinski definition) is 1. The van der Waals surface area contributed by atoms with Crippen LogP contribution in [0.4, 0.5) is 10.1 Å². The summed E-state index contributed by atoms with van der Waals surface area (Å²) in [6.45, 7) is 1.57. The third-order valence-corrected chi connectivity index (χ3v) is 4.20. The van der Waals surface area contributed by atoms with Crippen LogP contribution in [0.1, 0.15) is 23.0 Å². The van der Waals surface area contributed by atoms with Crippen molar-refractivity contribution in [2.45, 2.75) is 19.6 Å². The molecule has 1 heterocycles. The van der Waals surface area contributed by atoms with Crippen LogP contribution in [0.25, 0.3) is 11.3 Å². The number of nitro benzene ring substituents is 1. The largest absolute Gasteiger partial charge is 0.449 e. The fourth-order valence-electron chi connectivity index (χ4n) is 2.56. The van der Waals surface area contributed by atoms with Crippen molar-refractivity contribution in [2.75, 3.05) is 0 Å². The molecule has 0 fully saturated rings. The Labute approximate surface area is 170 Å². The first kappa shape index (κ1) is 20.7. The van der Waals surface area contributed by atoms with Crippen LogP contribution in [0.15, 0.2) is 65.1 Å². The fourth-order valence-corrected chi connectivity index (χ4v) is 2.56. The molecule has 0 saturated heterocycles. The van der Waals surface area contributed by atoms with E-state index in [1.807, 2.05) is 0 Å². The summed E-state index contributed by atoms with van der Waals surface area (Å²) in [6, 6.07) is 14.2. The molecule has 1 amide bonds. The predicted molar refractivity (Wildman–Crippen MR) is 104 cm³/mol. The van der Waals surface area contributed by atoms with Crippen LogP contribution in [0.3, 0.4) is 0 Å². The molecule has 3 rings (SSSR count). The Balaban J connectivity index is 1.56. The van der Waals surface area contributed by atoms with Crippen LogP contribution >= 0.6 is 0 Å². The number of benzene rings is 2. The van der Waals surface area contributed by atoms with Crippen LogP contribution in [-0.2, 0) is 16.1 Å². The van der Waals surface area contributed by atoms with Gasteiger partial charge in [-0.2, -0.15) is 0 Å². The number of ether oxygens (including phenoxy) is 1. The molecule has 0 spiro atoms. The van der Waals surface area contributed by atoms with E-state index in [9.17, 15) is 24.1 Å². The molecule has 154 valence electrons. The minimum Gasteiger partial charge on any atom is -0.449 e. The third kappa shape index (κ3) is 5.07. The average molecular weight is 412 g/mol. The van der Waals surface area contributed by atoms with E-state index in [0.29, 0.717) is 16.9 Å². The van der Waals surface area contributed by atoms with E-state index in [2.05, 4.69) is 5.32 Å². The number of carbonyl (C=O) groups excluding carboxylic acids is 2. The maximum absolute atomic E-state index is 12.9.